The first-order chi connectivity index (χ1) is 10.8. The lowest BCUT2D eigenvalue weighted by Gasteiger charge is -2.22. The monoisotopic (exact) mass is 340 g/mol. The molecule has 2 unspecified atom stereocenters. The van der Waals surface area contributed by atoms with Gasteiger partial charge in [0.25, 0.3) is 0 Å². The van der Waals surface area contributed by atoms with Crippen molar-refractivity contribution in [1.29, 1.82) is 5.26 Å². The predicted octanol–water partition coefficient (Wildman–Crippen LogP) is 3.01. The van der Waals surface area contributed by atoms with Gasteiger partial charge in [0, 0.05) is 0 Å². The summed E-state index contributed by atoms with van der Waals surface area (Å²) in [7, 11) is -3.79. The van der Waals surface area contributed by atoms with E-state index in [9.17, 15) is 9.36 Å². The van der Waals surface area contributed by atoms with Gasteiger partial charge in [-0.15, -0.1) is 0 Å². The summed E-state index contributed by atoms with van der Waals surface area (Å²) in [6.45, 7) is 6.72. The first-order valence-electron chi connectivity index (χ1n) is 7.22. The number of nitrogens with zero attached hydrogens (tertiary/aromatic N) is 1. The van der Waals surface area contributed by atoms with Crippen LogP contribution in [-0.4, -0.2) is 24.7 Å². The Morgan fingerprint density at radius 2 is 2.09 bits per heavy atom. The van der Waals surface area contributed by atoms with E-state index < -0.39 is 19.8 Å². The Bertz CT molecular complexity index is 627. The molecule has 2 atom stereocenters. The SMILES string of the molecule is CCOP(=O)(NC(C)C(=O)OC(C)C)Oc1cccc(C#N)c1. The molecule has 0 aliphatic carbocycles. The van der Waals surface area contributed by atoms with Gasteiger partial charge in [0.05, 0.1) is 24.3 Å². The molecule has 0 amide bonds. The van der Waals surface area contributed by atoms with Crippen LogP contribution in [0.3, 0.4) is 0 Å². The van der Waals surface area contributed by atoms with Crippen molar-refractivity contribution in [2.24, 2.45) is 0 Å². The van der Waals surface area contributed by atoms with Crippen LogP contribution in [0.1, 0.15) is 33.3 Å². The number of nitriles is 1. The standard InChI is InChI=1S/C15H21N2O5P/c1-5-20-23(19,17-12(4)15(18)21-11(2)3)22-14-8-6-7-13(9-14)10-16/h6-9,11-12H,5H2,1-4H3,(H,17,19). The lowest BCUT2D eigenvalue weighted by molar-refractivity contribution is -0.149. The summed E-state index contributed by atoms with van der Waals surface area (Å²) >= 11 is 0. The molecule has 0 aliphatic heterocycles. The van der Waals surface area contributed by atoms with Gasteiger partial charge in [0.1, 0.15) is 11.8 Å². The molecule has 0 spiro atoms. The van der Waals surface area contributed by atoms with Crippen LogP contribution in [0.5, 0.6) is 5.75 Å². The molecule has 0 fully saturated rings. The molecule has 0 heterocycles. The lowest BCUT2D eigenvalue weighted by Crippen LogP contribution is -2.36. The summed E-state index contributed by atoms with van der Waals surface area (Å²) in [6.07, 6.45) is -0.286. The van der Waals surface area contributed by atoms with E-state index in [0.717, 1.165) is 0 Å². The Morgan fingerprint density at radius 1 is 1.39 bits per heavy atom. The Hall–Kier alpha value is -1.87. The minimum absolute atomic E-state index is 0.119. The van der Waals surface area contributed by atoms with Crippen LogP contribution < -0.4 is 9.61 Å². The van der Waals surface area contributed by atoms with Gasteiger partial charge < -0.3 is 9.26 Å². The number of rotatable bonds is 8. The van der Waals surface area contributed by atoms with E-state index >= 15 is 0 Å². The fraction of sp³-hybridized carbons (Fsp3) is 0.467. The second kappa shape index (κ2) is 8.68. The Balaban J connectivity index is 2.87. The second-order valence-corrected chi connectivity index (χ2v) is 6.68. The molecule has 8 heteroatoms. The molecule has 0 saturated heterocycles. The van der Waals surface area contributed by atoms with Gasteiger partial charge in [-0.3, -0.25) is 9.32 Å². The minimum Gasteiger partial charge on any atom is -0.462 e. The molecular weight excluding hydrogens is 319 g/mol. The van der Waals surface area contributed by atoms with Crippen molar-refractivity contribution in [3.8, 4) is 11.8 Å². The molecule has 0 radical (unpaired) electrons. The number of nitrogens with one attached hydrogen (secondary N) is 1. The molecule has 23 heavy (non-hydrogen) atoms. The third-order valence-corrected chi connectivity index (χ3v) is 4.30. The zero-order valence-corrected chi connectivity index (χ0v) is 14.5. The van der Waals surface area contributed by atoms with Crippen molar-refractivity contribution in [1.82, 2.24) is 5.09 Å². The minimum atomic E-state index is -3.79. The van der Waals surface area contributed by atoms with Gasteiger partial charge in [-0.25, -0.2) is 4.57 Å². The summed E-state index contributed by atoms with van der Waals surface area (Å²) in [5, 5.41) is 11.4. The van der Waals surface area contributed by atoms with Crippen LogP contribution in [0.2, 0.25) is 0 Å². The first-order valence-corrected chi connectivity index (χ1v) is 8.76. The average molecular weight is 340 g/mol. The summed E-state index contributed by atoms with van der Waals surface area (Å²) in [4.78, 5) is 11.8. The van der Waals surface area contributed by atoms with Crippen molar-refractivity contribution >= 4 is 13.7 Å². The quantitative estimate of drug-likeness (QED) is 0.574. The third-order valence-electron chi connectivity index (χ3n) is 2.54. The van der Waals surface area contributed by atoms with Crippen molar-refractivity contribution < 1.29 is 23.1 Å². The molecule has 1 rings (SSSR count). The number of hydrogen-bond donors (Lipinski definition) is 1. The highest BCUT2D eigenvalue weighted by Crippen LogP contribution is 2.44. The highest BCUT2D eigenvalue weighted by Gasteiger charge is 2.32. The number of ether oxygens (including phenoxy) is 1. The van der Waals surface area contributed by atoms with Crippen LogP contribution >= 0.6 is 7.75 Å². The number of esters is 1. The topological polar surface area (TPSA) is 97.7 Å². The summed E-state index contributed by atoms with van der Waals surface area (Å²) in [5.74, 6) is -0.355. The van der Waals surface area contributed by atoms with Gasteiger partial charge in [-0.05, 0) is 45.9 Å². The number of benzene rings is 1. The molecule has 1 aromatic carbocycles. The van der Waals surface area contributed by atoms with E-state index in [0.29, 0.717) is 5.56 Å². The van der Waals surface area contributed by atoms with Crippen LogP contribution in [0.25, 0.3) is 0 Å². The van der Waals surface area contributed by atoms with Crippen molar-refractivity contribution in [2.75, 3.05) is 6.61 Å². The number of carbonyl (C=O) groups is 1. The van der Waals surface area contributed by atoms with E-state index in [1.165, 1.54) is 13.0 Å². The van der Waals surface area contributed by atoms with Crippen molar-refractivity contribution in [3.05, 3.63) is 29.8 Å². The summed E-state index contributed by atoms with van der Waals surface area (Å²) in [5.41, 5.74) is 0.359. The van der Waals surface area contributed by atoms with Crippen LogP contribution in [-0.2, 0) is 18.6 Å². The van der Waals surface area contributed by atoms with Gasteiger partial charge >= 0.3 is 13.7 Å². The van der Waals surface area contributed by atoms with Crippen molar-refractivity contribution in [3.63, 3.8) is 0 Å². The maximum absolute atomic E-state index is 12.7. The van der Waals surface area contributed by atoms with Crippen LogP contribution in [0.4, 0.5) is 0 Å². The normalized spacial score (nSPS) is 14.6. The fourth-order valence-corrected chi connectivity index (χ4v) is 3.14. The zero-order valence-electron chi connectivity index (χ0n) is 13.6. The van der Waals surface area contributed by atoms with Crippen LogP contribution in [0, 0.1) is 11.3 Å². The smallest absolute Gasteiger partial charge is 0.459 e. The predicted molar refractivity (Wildman–Crippen MR) is 84.8 cm³/mol. The highest BCUT2D eigenvalue weighted by molar-refractivity contribution is 7.52. The van der Waals surface area contributed by atoms with Gasteiger partial charge in [-0.1, -0.05) is 6.07 Å². The molecular formula is C15H21N2O5P. The molecule has 1 N–H and O–H groups in total. The largest absolute Gasteiger partial charge is 0.462 e. The molecule has 126 valence electrons. The summed E-state index contributed by atoms with van der Waals surface area (Å²) < 4.78 is 28.3. The van der Waals surface area contributed by atoms with Gasteiger partial charge in [-0.2, -0.15) is 10.3 Å². The molecule has 1 aromatic rings. The van der Waals surface area contributed by atoms with E-state index in [2.05, 4.69) is 5.09 Å². The number of hydrogen-bond acceptors (Lipinski definition) is 6. The maximum Gasteiger partial charge on any atom is 0.459 e. The Labute approximate surface area is 136 Å². The van der Waals surface area contributed by atoms with Gasteiger partial charge in [0.15, 0.2) is 0 Å². The van der Waals surface area contributed by atoms with Crippen LogP contribution in [0.15, 0.2) is 24.3 Å². The van der Waals surface area contributed by atoms with E-state index in [1.54, 1.807) is 39.0 Å². The molecule has 0 bridgehead atoms. The molecule has 0 saturated carbocycles. The van der Waals surface area contributed by atoms with Gasteiger partial charge in [0.2, 0.25) is 0 Å². The molecule has 0 aliphatic rings. The Kier molecular flexibility index (Phi) is 7.24. The molecule has 0 aromatic heterocycles. The van der Waals surface area contributed by atoms with E-state index in [1.807, 2.05) is 6.07 Å². The highest BCUT2D eigenvalue weighted by atomic mass is 31.2. The van der Waals surface area contributed by atoms with E-state index in [-0.39, 0.29) is 18.5 Å². The zero-order chi connectivity index (χ0) is 17.5. The molecule has 7 nitrogen and oxygen atoms in total. The number of carbonyl (C=O) groups excluding carboxylic acids is 1. The fourth-order valence-electron chi connectivity index (χ4n) is 1.65. The maximum atomic E-state index is 12.7. The van der Waals surface area contributed by atoms with Crippen molar-refractivity contribution in [2.45, 2.75) is 39.8 Å². The first kappa shape index (κ1) is 19.2. The lowest BCUT2D eigenvalue weighted by atomic mass is 10.2. The third kappa shape index (κ3) is 6.41. The average Bonchev–Trinajstić information content (AvgIpc) is 2.46. The Morgan fingerprint density at radius 3 is 2.65 bits per heavy atom. The summed E-state index contributed by atoms with van der Waals surface area (Å²) in [6, 6.07) is 7.25. The van der Waals surface area contributed by atoms with E-state index in [4.69, 9.17) is 19.0 Å². The second-order valence-electron chi connectivity index (χ2n) is 4.98.